The lowest BCUT2D eigenvalue weighted by Crippen LogP contribution is -2.16. The van der Waals surface area contributed by atoms with Crippen LogP contribution in [0.25, 0.3) is 0 Å². The predicted octanol–water partition coefficient (Wildman–Crippen LogP) is 3.21. The normalized spacial score (nSPS) is 18.9. The fourth-order valence-electron chi connectivity index (χ4n) is 2.54. The highest BCUT2D eigenvalue weighted by molar-refractivity contribution is 5.35. The van der Waals surface area contributed by atoms with Crippen LogP contribution >= 0.6 is 0 Å². The molecule has 0 aliphatic heterocycles. The largest absolute Gasteiger partial charge is 0.388 e. The van der Waals surface area contributed by atoms with E-state index in [9.17, 15) is 15.2 Å². The first-order chi connectivity index (χ1) is 8.18. The van der Waals surface area contributed by atoms with Crippen molar-refractivity contribution in [2.24, 2.45) is 5.92 Å². The van der Waals surface area contributed by atoms with E-state index in [1.807, 2.05) is 0 Å². The summed E-state index contributed by atoms with van der Waals surface area (Å²) in [5.41, 5.74) is 0.725. The maximum Gasteiger partial charge on any atom is 0.269 e. The fourth-order valence-corrected chi connectivity index (χ4v) is 2.54. The molecule has 0 radical (unpaired) electrons. The van der Waals surface area contributed by atoms with Gasteiger partial charge in [-0.05, 0) is 24.3 Å². The van der Waals surface area contributed by atoms with Crippen LogP contribution in [0.5, 0.6) is 0 Å². The second-order valence-corrected chi connectivity index (χ2v) is 4.70. The van der Waals surface area contributed by atoms with Gasteiger partial charge in [-0.15, -0.1) is 0 Å². The first-order valence-electron chi connectivity index (χ1n) is 6.11. The van der Waals surface area contributed by atoms with Crippen molar-refractivity contribution in [2.45, 2.75) is 38.2 Å². The number of hydrogen-bond donors (Lipinski definition) is 1. The first kappa shape index (κ1) is 12.0. The molecule has 17 heavy (non-hydrogen) atoms. The van der Waals surface area contributed by atoms with Crippen molar-refractivity contribution in [3.63, 3.8) is 0 Å². The van der Waals surface area contributed by atoms with E-state index in [0.717, 1.165) is 25.7 Å². The lowest BCUT2D eigenvalue weighted by molar-refractivity contribution is -0.385. The Morgan fingerprint density at radius 1 is 1.29 bits per heavy atom. The molecular formula is C13H17NO3. The molecule has 1 atom stereocenters. The number of nitro benzene ring substituents is 1. The third-order valence-corrected chi connectivity index (χ3v) is 3.52. The highest BCUT2D eigenvalue weighted by Gasteiger charge is 2.24. The highest BCUT2D eigenvalue weighted by atomic mass is 16.6. The molecule has 1 N–H and O–H groups in total. The number of benzene rings is 1. The molecule has 0 bridgehead atoms. The van der Waals surface area contributed by atoms with Gasteiger partial charge in [0.15, 0.2) is 0 Å². The molecule has 4 heteroatoms. The molecule has 1 aliphatic carbocycles. The molecule has 1 unspecified atom stereocenters. The smallest absolute Gasteiger partial charge is 0.269 e. The molecule has 92 valence electrons. The highest BCUT2D eigenvalue weighted by Crippen LogP contribution is 2.35. The van der Waals surface area contributed by atoms with Crippen LogP contribution < -0.4 is 0 Å². The Morgan fingerprint density at radius 2 is 2.00 bits per heavy atom. The summed E-state index contributed by atoms with van der Waals surface area (Å²) in [6.45, 7) is 0. The monoisotopic (exact) mass is 235 g/mol. The Labute approximate surface area is 100 Å². The summed E-state index contributed by atoms with van der Waals surface area (Å²) in [5, 5.41) is 20.9. The van der Waals surface area contributed by atoms with E-state index >= 15 is 0 Å². The van der Waals surface area contributed by atoms with Crippen molar-refractivity contribution < 1.29 is 10.0 Å². The Bertz CT molecular complexity index is 399. The Balaban J connectivity index is 2.14. The average molecular weight is 235 g/mol. The number of aliphatic hydroxyl groups excluding tert-OH is 1. The van der Waals surface area contributed by atoms with Gasteiger partial charge in [-0.2, -0.15) is 0 Å². The number of hydrogen-bond acceptors (Lipinski definition) is 3. The maximum atomic E-state index is 10.7. The van der Waals surface area contributed by atoms with Gasteiger partial charge in [0.1, 0.15) is 0 Å². The molecule has 2 rings (SSSR count). The summed E-state index contributed by atoms with van der Waals surface area (Å²) in [7, 11) is 0. The Hall–Kier alpha value is -1.42. The van der Waals surface area contributed by atoms with E-state index < -0.39 is 11.0 Å². The number of non-ortho nitro benzene ring substituents is 1. The van der Waals surface area contributed by atoms with Crippen LogP contribution in [-0.4, -0.2) is 10.0 Å². The summed E-state index contributed by atoms with van der Waals surface area (Å²) in [6.07, 6.45) is 5.01. The minimum atomic E-state index is -0.560. The van der Waals surface area contributed by atoms with Gasteiger partial charge in [-0.3, -0.25) is 10.1 Å². The van der Waals surface area contributed by atoms with Crippen LogP contribution in [0, 0.1) is 16.0 Å². The van der Waals surface area contributed by atoms with Gasteiger partial charge in [0.25, 0.3) is 5.69 Å². The zero-order chi connectivity index (χ0) is 12.3. The standard InChI is InChI=1S/C13H17NO3/c15-13(10-5-2-1-3-6-10)11-7-4-8-12(9-11)14(16)17/h4,7-10,13,15H,1-3,5-6H2. The number of rotatable bonds is 3. The van der Waals surface area contributed by atoms with E-state index in [2.05, 4.69) is 0 Å². The molecule has 0 spiro atoms. The third-order valence-electron chi connectivity index (χ3n) is 3.52. The van der Waals surface area contributed by atoms with Crippen LogP contribution in [0.2, 0.25) is 0 Å². The molecule has 0 saturated heterocycles. The van der Waals surface area contributed by atoms with Gasteiger partial charge in [-0.25, -0.2) is 0 Å². The first-order valence-corrected chi connectivity index (χ1v) is 6.11. The average Bonchev–Trinajstić information content (AvgIpc) is 2.39. The third kappa shape index (κ3) is 2.82. The molecule has 1 saturated carbocycles. The molecule has 1 fully saturated rings. The molecular weight excluding hydrogens is 218 g/mol. The van der Waals surface area contributed by atoms with Crippen LogP contribution in [0.3, 0.4) is 0 Å². The summed E-state index contributed by atoms with van der Waals surface area (Å²) < 4.78 is 0. The second-order valence-electron chi connectivity index (χ2n) is 4.70. The minimum absolute atomic E-state index is 0.0531. The van der Waals surface area contributed by atoms with Crippen LogP contribution in [0.4, 0.5) is 5.69 Å². The summed E-state index contributed by atoms with van der Waals surface area (Å²) in [4.78, 5) is 10.3. The van der Waals surface area contributed by atoms with Gasteiger partial charge in [0.05, 0.1) is 11.0 Å². The molecule has 1 aromatic rings. The molecule has 1 aromatic carbocycles. The van der Waals surface area contributed by atoms with E-state index in [1.54, 1.807) is 12.1 Å². The SMILES string of the molecule is O=[N+]([O-])c1cccc(C(O)C2CCCCC2)c1. The molecule has 0 aromatic heterocycles. The van der Waals surface area contributed by atoms with Gasteiger partial charge in [0, 0.05) is 12.1 Å². The minimum Gasteiger partial charge on any atom is -0.388 e. The van der Waals surface area contributed by atoms with Crippen molar-refractivity contribution in [1.29, 1.82) is 0 Å². The molecule has 1 aliphatic rings. The van der Waals surface area contributed by atoms with Crippen LogP contribution in [-0.2, 0) is 0 Å². The van der Waals surface area contributed by atoms with Crippen molar-refractivity contribution in [2.75, 3.05) is 0 Å². The maximum absolute atomic E-state index is 10.7. The lowest BCUT2D eigenvalue weighted by atomic mass is 9.83. The van der Waals surface area contributed by atoms with Crippen molar-refractivity contribution in [3.05, 3.63) is 39.9 Å². The Kier molecular flexibility index (Phi) is 3.74. The quantitative estimate of drug-likeness (QED) is 0.646. The van der Waals surface area contributed by atoms with Gasteiger partial charge < -0.3 is 5.11 Å². The van der Waals surface area contributed by atoms with Crippen LogP contribution in [0.1, 0.15) is 43.8 Å². The molecule has 4 nitrogen and oxygen atoms in total. The fraction of sp³-hybridized carbons (Fsp3) is 0.538. The van der Waals surface area contributed by atoms with Crippen LogP contribution in [0.15, 0.2) is 24.3 Å². The van der Waals surface area contributed by atoms with Gasteiger partial charge in [0.2, 0.25) is 0 Å². The zero-order valence-corrected chi connectivity index (χ0v) is 9.71. The van der Waals surface area contributed by atoms with E-state index in [0.29, 0.717) is 5.56 Å². The summed E-state index contributed by atoms with van der Waals surface area (Å²) in [6, 6.07) is 6.35. The zero-order valence-electron chi connectivity index (χ0n) is 9.71. The lowest BCUT2D eigenvalue weighted by Gasteiger charge is -2.26. The van der Waals surface area contributed by atoms with Gasteiger partial charge >= 0.3 is 0 Å². The second kappa shape index (κ2) is 5.27. The number of nitrogens with zero attached hydrogens (tertiary/aromatic N) is 1. The molecule has 0 heterocycles. The van der Waals surface area contributed by atoms with Crippen molar-refractivity contribution in [3.8, 4) is 0 Å². The van der Waals surface area contributed by atoms with E-state index in [4.69, 9.17) is 0 Å². The summed E-state index contributed by atoms with van der Waals surface area (Å²) >= 11 is 0. The molecule has 0 amide bonds. The van der Waals surface area contributed by atoms with Gasteiger partial charge in [-0.1, -0.05) is 31.4 Å². The summed E-state index contributed by atoms with van der Waals surface area (Å²) in [5.74, 6) is 0.255. The topological polar surface area (TPSA) is 63.4 Å². The van der Waals surface area contributed by atoms with Crippen molar-refractivity contribution >= 4 is 5.69 Å². The number of aliphatic hydroxyl groups is 1. The Morgan fingerprint density at radius 3 is 2.65 bits per heavy atom. The predicted molar refractivity (Wildman–Crippen MR) is 64.6 cm³/mol. The van der Waals surface area contributed by atoms with Crippen molar-refractivity contribution in [1.82, 2.24) is 0 Å². The van der Waals surface area contributed by atoms with E-state index in [1.165, 1.54) is 18.6 Å². The van der Waals surface area contributed by atoms with E-state index in [-0.39, 0.29) is 11.6 Å². The number of nitro groups is 1.